The molecule has 0 aromatic carbocycles. The van der Waals surface area contributed by atoms with Crippen LogP contribution in [-0.4, -0.2) is 48.7 Å². The number of piperidine rings is 1. The van der Waals surface area contributed by atoms with Crippen LogP contribution in [0.15, 0.2) is 18.6 Å². The van der Waals surface area contributed by atoms with Crippen molar-refractivity contribution in [1.82, 2.24) is 15.3 Å². The highest BCUT2D eigenvalue weighted by atomic mass is 16.5. The molecule has 1 N–H and O–H groups in total. The Morgan fingerprint density at radius 2 is 2.38 bits per heavy atom. The normalized spacial score (nSPS) is 25.8. The number of nitrogens with zero attached hydrogens (tertiary/aromatic N) is 3. The molecule has 0 spiro atoms. The van der Waals surface area contributed by atoms with E-state index >= 15 is 0 Å². The zero-order valence-electron chi connectivity index (χ0n) is 12.2. The van der Waals surface area contributed by atoms with Crippen LogP contribution in [0.4, 0.5) is 5.82 Å². The predicted molar refractivity (Wildman–Crippen MR) is 78.9 cm³/mol. The first-order chi connectivity index (χ1) is 10.3. The van der Waals surface area contributed by atoms with Crippen LogP contribution in [0.1, 0.15) is 19.3 Å². The van der Waals surface area contributed by atoms with Gasteiger partial charge >= 0.3 is 0 Å². The molecule has 2 fully saturated rings. The van der Waals surface area contributed by atoms with Crippen LogP contribution in [0.3, 0.4) is 0 Å². The van der Waals surface area contributed by atoms with E-state index in [1.165, 1.54) is 0 Å². The zero-order chi connectivity index (χ0) is 14.5. The van der Waals surface area contributed by atoms with Gasteiger partial charge in [0.15, 0.2) is 0 Å². The van der Waals surface area contributed by atoms with Crippen molar-refractivity contribution in [3.05, 3.63) is 18.6 Å². The first kappa shape index (κ1) is 14.3. The summed E-state index contributed by atoms with van der Waals surface area (Å²) in [5, 5.41) is 3.08. The molecule has 114 valence electrons. The van der Waals surface area contributed by atoms with E-state index in [1.54, 1.807) is 18.6 Å². The lowest BCUT2D eigenvalue weighted by Gasteiger charge is -2.32. The number of hydrogen-bond acceptors (Lipinski definition) is 5. The number of hydrogen-bond donors (Lipinski definition) is 1. The Balaban J connectivity index is 1.51. The Kier molecular flexibility index (Phi) is 4.65. The summed E-state index contributed by atoms with van der Waals surface area (Å²) in [5.41, 5.74) is 0. The summed E-state index contributed by atoms with van der Waals surface area (Å²) in [5.74, 6) is 1.55. The molecule has 6 nitrogen and oxygen atoms in total. The molecule has 0 aliphatic carbocycles. The van der Waals surface area contributed by atoms with Gasteiger partial charge in [0, 0.05) is 44.6 Å². The van der Waals surface area contributed by atoms with Gasteiger partial charge < -0.3 is 15.0 Å². The van der Waals surface area contributed by atoms with Gasteiger partial charge in [0.05, 0.1) is 18.7 Å². The number of carbonyl (C=O) groups is 1. The SMILES string of the molecule is O=C(NC[C@@H]1CCOC1)[C@@H]1CCCN(c2cnccn2)C1. The largest absolute Gasteiger partial charge is 0.381 e. The van der Waals surface area contributed by atoms with Crippen molar-refractivity contribution in [1.29, 1.82) is 0 Å². The van der Waals surface area contributed by atoms with E-state index in [9.17, 15) is 4.79 Å². The van der Waals surface area contributed by atoms with Gasteiger partial charge in [0.2, 0.25) is 5.91 Å². The molecular weight excluding hydrogens is 268 g/mol. The first-order valence-corrected chi connectivity index (χ1v) is 7.69. The second-order valence-electron chi connectivity index (χ2n) is 5.82. The summed E-state index contributed by atoms with van der Waals surface area (Å²) in [4.78, 5) is 22.9. The summed E-state index contributed by atoms with van der Waals surface area (Å²) in [6.07, 6.45) is 8.14. The number of rotatable bonds is 4. The molecule has 1 amide bonds. The van der Waals surface area contributed by atoms with Crippen LogP contribution in [-0.2, 0) is 9.53 Å². The number of anilines is 1. The maximum atomic E-state index is 12.3. The zero-order valence-corrected chi connectivity index (χ0v) is 12.2. The molecule has 3 heterocycles. The van der Waals surface area contributed by atoms with E-state index in [4.69, 9.17) is 4.74 Å². The van der Waals surface area contributed by atoms with Gasteiger partial charge in [0.25, 0.3) is 0 Å². The Labute approximate surface area is 124 Å². The molecule has 2 atom stereocenters. The fourth-order valence-corrected chi connectivity index (χ4v) is 2.99. The van der Waals surface area contributed by atoms with E-state index in [2.05, 4.69) is 20.2 Å². The van der Waals surface area contributed by atoms with Crippen LogP contribution in [0.25, 0.3) is 0 Å². The fourth-order valence-electron chi connectivity index (χ4n) is 2.99. The van der Waals surface area contributed by atoms with Crippen LogP contribution in [0.5, 0.6) is 0 Å². The fraction of sp³-hybridized carbons (Fsp3) is 0.667. The molecule has 0 radical (unpaired) electrons. The van der Waals surface area contributed by atoms with Gasteiger partial charge in [-0.15, -0.1) is 0 Å². The molecule has 21 heavy (non-hydrogen) atoms. The van der Waals surface area contributed by atoms with Crippen LogP contribution in [0, 0.1) is 11.8 Å². The minimum atomic E-state index is 0.0445. The molecule has 0 bridgehead atoms. The van der Waals surface area contributed by atoms with Gasteiger partial charge in [-0.3, -0.25) is 9.78 Å². The first-order valence-electron chi connectivity index (χ1n) is 7.69. The van der Waals surface area contributed by atoms with E-state index in [-0.39, 0.29) is 11.8 Å². The Hall–Kier alpha value is -1.69. The molecule has 3 rings (SSSR count). The van der Waals surface area contributed by atoms with E-state index in [1.807, 2.05) is 0 Å². The molecule has 2 aliphatic rings. The molecule has 1 aromatic heterocycles. The third-order valence-corrected chi connectivity index (χ3v) is 4.25. The Bertz CT molecular complexity index is 462. The average molecular weight is 290 g/mol. The second kappa shape index (κ2) is 6.85. The van der Waals surface area contributed by atoms with Crippen molar-refractivity contribution < 1.29 is 9.53 Å². The van der Waals surface area contributed by atoms with Crippen molar-refractivity contribution in [3.8, 4) is 0 Å². The summed E-state index contributed by atoms with van der Waals surface area (Å²) < 4.78 is 5.34. The molecule has 0 unspecified atom stereocenters. The number of ether oxygens (including phenoxy) is 1. The average Bonchev–Trinajstić information content (AvgIpc) is 3.07. The van der Waals surface area contributed by atoms with Crippen LogP contribution < -0.4 is 10.2 Å². The lowest BCUT2D eigenvalue weighted by atomic mass is 9.97. The number of aromatic nitrogens is 2. The smallest absolute Gasteiger partial charge is 0.224 e. The Morgan fingerprint density at radius 1 is 1.43 bits per heavy atom. The molecule has 2 aliphatic heterocycles. The van der Waals surface area contributed by atoms with Crippen LogP contribution in [0.2, 0.25) is 0 Å². The van der Waals surface area contributed by atoms with Gasteiger partial charge in [-0.25, -0.2) is 4.98 Å². The van der Waals surface area contributed by atoms with E-state index in [0.29, 0.717) is 5.92 Å². The summed E-state index contributed by atoms with van der Waals surface area (Å²) >= 11 is 0. The summed E-state index contributed by atoms with van der Waals surface area (Å²) in [6, 6.07) is 0. The number of carbonyl (C=O) groups excluding carboxylic acids is 1. The standard InChI is InChI=1S/C15H22N4O2/c20-15(18-8-12-3-7-21-11-12)13-2-1-6-19(10-13)14-9-16-4-5-17-14/h4-5,9,12-13H,1-3,6-8,10-11H2,(H,18,20)/t12-,13+/m0/s1. The highest BCUT2D eigenvalue weighted by Crippen LogP contribution is 2.21. The van der Waals surface area contributed by atoms with Gasteiger partial charge in [-0.05, 0) is 19.3 Å². The highest BCUT2D eigenvalue weighted by Gasteiger charge is 2.27. The summed E-state index contributed by atoms with van der Waals surface area (Å²) in [6.45, 7) is 4.01. The van der Waals surface area contributed by atoms with Gasteiger partial charge in [0.1, 0.15) is 5.82 Å². The lowest BCUT2D eigenvalue weighted by Crippen LogP contribution is -2.44. The molecule has 6 heteroatoms. The monoisotopic (exact) mass is 290 g/mol. The second-order valence-corrected chi connectivity index (χ2v) is 5.82. The molecule has 1 aromatic rings. The maximum Gasteiger partial charge on any atom is 0.224 e. The van der Waals surface area contributed by atoms with Crippen molar-refractivity contribution in [2.24, 2.45) is 11.8 Å². The maximum absolute atomic E-state index is 12.3. The third-order valence-electron chi connectivity index (χ3n) is 4.25. The summed E-state index contributed by atoms with van der Waals surface area (Å²) in [7, 11) is 0. The van der Waals surface area contributed by atoms with Crippen molar-refractivity contribution in [2.75, 3.05) is 37.7 Å². The minimum Gasteiger partial charge on any atom is -0.381 e. The Morgan fingerprint density at radius 3 is 3.14 bits per heavy atom. The van der Waals surface area contributed by atoms with Crippen molar-refractivity contribution in [3.63, 3.8) is 0 Å². The number of amides is 1. The molecule has 2 saturated heterocycles. The van der Waals surface area contributed by atoms with Crippen molar-refractivity contribution >= 4 is 11.7 Å². The van der Waals surface area contributed by atoms with E-state index < -0.39 is 0 Å². The minimum absolute atomic E-state index is 0.0445. The third kappa shape index (κ3) is 3.69. The predicted octanol–water partition coefficient (Wildman–Crippen LogP) is 0.846. The molecule has 0 saturated carbocycles. The van der Waals surface area contributed by atoms with E-state index in [0.717, 1.165) is 57.9 Å². The topological polar surface area (TPSA) is 67.3 Å². The lowest BCUT2D eigenvalue weighted by molar-refractivity contribution is -0.125. The molecular formula is C15H22N4O2. The van der Waals surface area contributed by atoms with Crippen molar-refractivity contribution in [2.45, 2.75) is 19.3 Å². The number of nitrogens with one attached hydrogen (secondary N) is 1. The van der Waals surface area contributed by atoms with Gasteiger partial charge in [-0.1, -0.05) is 0 Å². The highest BCUT2D eigenvalue weighted by molar-refractivity contribution is 5.79. The van der Waals surface area contributed by atoms with Crippen LogP contribution >= 0.6 is 0 Å². The van der Waals surface area contributed by atoms with Gasteiger partial charge in [-0.2, -0.15) is 0 Å². The quantitative estimate of drug-likeness (QED) is 0.890.